The molecule has 3 aliphatic rings. The van der Waals surface area contributed by atoms with Crippen LogP contribution in [0.15, 0.2) is 60.8 Å². The van der Waals surface area contributed by atoms with Crippen molar-refractivity contribution in [1.82, 2.24) is 0 Å². The summed E-state index contributed by atoms with van der Waals surface area (Å²) in [6, 6.07) is -1.09. The highest BCUT2D eigenvalue weighted by Crippen LogP contribution is 2.38. The molecule has 0 spiro atoms. The number of carbonyl (C=O) groups is 2. The van der Waals surface area contributed by atoms with Crippen LogP contribution in [0.3, 0.4) is 0 Å². The second-order valence-corrected chi connectivity index (χ2v) is 12.8. The number of fused-ring (bicyclic) bond motifs is 2. The van der Waals surface area contributed by atoms with Gasteiger partial charge in [0.15, 0.2) is 12.1 Å². The molecular formula is C34H51NO13. The molecule has 3 aliphatic heterocycles. The number of esters is 1. The fourth-order valence-electron chi connectivity index (χ4n) is 5.87. The maximum Gasteiger partial charge on any atom is 0.330 e. The third-order valence-electron chi connectivity index (χ3n) is 8.77. The van der Waals surface area contributed by atoms with Crippen molar-refractivity contribution >= 4 is 11.9 Å². The van der Waals surface area contributed by atoms with E-state index in [1.54, 1.807) is 56.4 Å². The third-order valence-corrected chi connectivity index (χ3v) is 8.77. The summed E-state index contributed by atoms with van der Waals surface area (Å²) in [4.78, 5) is 24.5. The van der Waals surface area contributed by atoms with Crippen molar-refractivity contribution in [3.05, 3.63) is 60.8 Å². The predicted octanol–water partition coefficient (Wildman–Crippen LogP) is 0.349. The lowest BCUT2D eigenvalue weighted by atomic mass is 9.83. The van der Waals surface area contributed by atoms with E-state index in [0.29, 0.717) is 0 Å². The quantitative estimate of drug-likeness (QED) is 0.188. The van der Waals surface area contributed by atoms with Crippen LogP contribution in [-0.4, -0.2) is 121 Å². The zero-order valence-electron chi connectivity index (χ0n) is 27.5. The Balaban J connectivity index is 1.92. The second-order valence-electron chi connectivity index (χ2n) is 12.8. The Morgan fingerprint density at radius 2 is 1.54 bits per heavy atom. The Labute approximate surface area is 280 Å². The smallest absolute Gasteiger partial charge is 0.330 e. The highest BCUT2D eigenvalue weighted by atomic mass is 16.7. The monoisotopic (exact) mass is 681 g/mol. The summed E-state index contributed by atoms with van der Waals surface area (Å²) in [5.74, 6) is -5.75. The van der Waals surface area contributed by atoms with Gasteiger partial charge in [-0.15, -0.1) is 0 Å². The first kappa shape index (κ1) is 39.7. The first-order valence-corrected chi connectivity index (χ1v) is 16.3. The summed E-state index contributed by atoms with van der Waals surface area (Å²) in [6.07, 6.45) is 3.35. The van der Waals surface area contributed by atoms with Gasteiger partial charge in [0.1, 0.15) is 18.1 Å². The van der Waals surface area contributed by atoms with Gasteiger partial charge in [-0.05, 0) is 26.7 Å². The highest BCUT2D eigenvalue weighted by Gasteiger charge is 2.50. The van der Waals surface area contributed by atoms with Crippen LogP contribution in [0.5, 0.6) is 0 Å². The van der Waals surface area contributed by atoms with Crippen molar-refractivity contribution in [2.75, 3.05) is 0 Å². The number of carbonyl (C=O) groups excluding carboxylic acids is 1. The first-order valence-electron chi connectivity index (χ1n) is 16.3. The fourth-order valence-corrected chi connectivity index (χ4v) is 5.87. The van der Waals surface area contributed by atoms with Crippen LogP contribution in [0.4, 0.5) is 0 Å². The van der Waals surface area contributed by atoms with Gasteiger partial charge in [-0.3, -0.25) is 4.79 Å². The second kappa shape index (κ2) is 18.3. The van der Waals surface area contributed by atoms with Crippen molar-refractivity contribution in [3.63, 3.8) is 0 Å². The van der Waals surface area contributed by atoms with Crippen molar-refractivity contribution in [3.8, 4) is 0 Å². The van der Waals surface area contributed by atoms with Crippen molar-refractivity contribution < 1.29 is 64.3 Å². The Morgan fingerprint density at radius 3 is 2.21 bits per heavy atom. The molecule has 0 unspecified atom stereocenters. The number of aliphatic hydroxyl groups excluding tert-OH is 5. The number of aliphatic carboxylic acids is 1. The average molecular weight is 682 g/mol. The number of hydrogen-bond donors (Lipinski definition) is 8. The molecule has 14 nitrogen and oxygen atoms in total. The summed E-state index contributed by atoms with van der Waals surface area (Å²) in [6.45, 7) is 5.21. The fraction of sp³-hybridized carbons (Fsp3) is 0.647. The molecule has 2 saturated heterocycles. The maximum absolute atomic E-state index is 12.3. The Morgan fingerprint density at radius 1 is 0.896 bits per heavy atom. The minimum absolute atomic E-state index is 0.000319. The van der Waals surface area contributed by atoms with Crippen LogP contribution in [-0.2, 0) is 28.5 Å². The number of cyclic esters (lactones) is 1. The maximum atomic E-state index is 12.3. The van der Waals surface area contributed by atoms with Crippen LogP contribution in [0, 0.1) is 11.8 Å². The standard InChI is InChI=1S/C34H51NO13/c1-19-11-8-6-4-5-7-9-13-24(47-33-31(41)29(35)30(40)21(3)46-33)16-26-28(32(42)43)25(38)18-34(44,48-26)17-23(37)15-22(36)12-10-14-27(39)45-20(19)2/h4-11,13-14,19-26,28-31,33,36-38,40-41,44H,12,15-18,35H2,1-3H3,(H,42,43)/b6-4+,7-5+,11-8+,13-9+,14-10+/t19-,20+,21+,22-,23-,24-,25-,26-,28+,29-,30+,31-,33-,34+/m0/s1. The van der Waals surface area contributed by atoms with E-state index < -0.39 is 104 Å². The molecule has 14 atom stereocenters. The molecule has 9 N–H and O–H groups in total. The van der Waals surface area contributed by atoms with Gasteiger partial charge in [-0.25, -0.2) is 4.79 Å². The zero-order valence-corrected chi connectivity index (χ0v) is 27.5. The van der Waals surface area contributed by atoms with Gasteiger partial charge in [-0.2, -0.15) is 0 Å². The van der Waals surface area contributed by atoms with Gasteiger partial charge < -0.3 is 60.4 Å². The molecular weight excluding hydrogens is 630 g/mol. The van der Waals surface area contributed by atoms with Crippen LogP contribution in [0.25, 0.3) is 0 Å². The molecule has 270 valence electrons. The van der Waals surface area contributed by atoms with Crippen molar-refractivity contribution in [2.24, 2.45) is 17.6 Å². The minimum Gasteiger partial charge on any atom is -0.481 e. The lowest BCUT2D eigenvalue weighted by Crippen LogP contribution is -2.61. The number of rotatable bonds is 3. The molecule has 0 aromatic rings. The van der Waals surface area contributed by atoms with Gasteiger partial charge >= 0.3 is 11.9 Å². The summed E-state index contributed by atoms with van der Waals surface area (Å²) in [5.41, 5.74) is 5.97. The normalized spacial score (nSPS) is 45.9. The lowest BCUT2D eigenvalue weighted by Gasteiger charge is -2.45. The minimum atomic E-state index is -2.18. The number of carboxylic acids is 1. The van der Waals surface area contributed by atoms with Crippen LogP contribution in [0.1, 0.15) is 52.9 Å². The number of ether oxygens (including phenoxy) is 4. The molecule has 0 radical (unpaired) electrons. The van der Waals surface area contributed by atoms with E-state index in [4.69, 9.17) is 24.7 Å². The zero-order chi connectivity index (χ0) is 35.6. The molecule has 0 saturated carbocycles. The first-order chi connectivity index (χ1) is 22.6. The van der Waals surface area contributed by atoms with E-state index >= 15 is 0 Å². The van der Waals surface area contributed by atoms with Crippen LogP contribution < -0.4 is 5.73 Å². The van der Waals surface area contributed by atoms with E-state index in [1.165, 1.54) is 12.2 Å². The number of allylic oxidation sites excluding steroid dienone is 6. The van der Waals surface area contributed by atoms with Gasteiger partial charge in [-0.1, -0.05) is 61.6 Å². The Hall–Kier alpha value is -2.76. The largest absolute Gasteiger partial charge is 0.481 e. The molecule has 0 aromatic carbocycles. The average Bonchev–Trinajstić information content (AvgIpc) is 2.98. The summed E-state index contributed by atoms with van der Waals surface area (Å²) in [5, 5.41) is 74.3. The third kappa shape index (κ3) is 11.7. The van der Waals surface area contributed by atoms with Crippen LogP contribution >= 0.6 is 0 Å². The van der Waals surface area contributed by atoms with Crippen molar-refractivity contribution in [1.29, 1.82) is 0 Å². The Kier molecular flexibility index (Phi) is 15.1. The summed E-state index contributed by atoms with van der Waals surface area (Å²) in [7, 11) is 0. The molecule has 14 heteroatoms. The summed E-state index contributed by atoms with van der Waals surface area (Å²) >= 11 is 0. The van der Waals surface area contributed by atoms with Gasteiger partial charge in [0, 0.05) is 31.3 Å². The number of carboxylic acid groups (broad SMARTS) is 1. The SMILES string of the molecule is C[C@H]1/C=C/C=C/C=C/C=C/[C@H](O[C@@H]2O[C@H](C)[C@@H](O)[C@H](N)[C@@H]2O)C[C@@H]2O[C@](O)(C[C@@H](O)C[C@@H](O)C/C=C/C(=O)O[C@@H]1C)C[C@H](O)[C@H]2C(=O)O. The van der Waals surface area contributed by atoms with Gasteiger partial charge in [0.05, 0.1) is 48.8 Å². The van der Waals surface area contributed by atoms with Gasteiger partial charge in [0.2, 0.25) is 0 Å². The molecule has 3 rings (SSSR count). The lowest BCUT2D eigenvalue weighted by molar-refractivity contribution is -0.308. The van der Waals surface area contributed by atoms with Gasteiger partial charge in [0.25, 0.3) is 0 Å². The predicted molar refractivity (Wildman–Crippen MR) is 172 cm³/mol. The van der Waals surface area contributed by atoms with E-state index in [0.717, 1.165) is 0 Å². The van der Waals surface area contributed by atoms with E-state index in [1.807, 2.05) is 13.0 Å². The van der Waals surface area contributed by atoms with Crippen molar-refractivity contribution in [2.45, 2.75) is 126 Å². The Bertz CT molecular complexity index is 1200. The summed E-state index contributed by atoms with van der Waals surface area (Å²) < 4.78 is 23.0. The van der Waals surface area contributed by atoms with E-state index in [2.05, 4.69) is 0 Å². The molecule has 2 fully saturated rings. The highest BCUT2D eigenvalue weighted by molar-refractivity contribution is 5.82. The van der Waals surface area contributed by atoms with E-state index in [9.17, 15) is 45.3 Å². The molecule has 0 amide bonds. The molecule has 0 aliphatic carbocycles. The number of aliphatic hydroxyl groups is 6. The molecule has 3 heterocycles. The topological polar surface area (TPSA) is 239 Å². The molecule has 48 heavy (non-hydrogen) atoms. The molecule has 0 aromatic heterocycles. The van der Waals surface area contributed by atoms with Crippen LogP contribution in [0.2, 0.25) is 0 Å². The molecule has 2 bridgehead atoms. The van der Waals surface area contributed by atoms with E-state index in [-0.39, 0.29) is 25.2 Å². The number of nitrogens with two attached hydrogens (primary N) is 1. The number of hydrogen-bond acceptors (Lipinski definition) is 13.